The number of imide groups is 1. The van der Waals surface area contributed by atoms with Gasteiger partial charge >= 0.3 is 0 Å². The Kier molecular flexibility index (Phi) is 5.71. The van der Waals surface area contributed by atoms with Crippen LogP contribution >= 0.6 is 0 Å². The van der Waals surface area contributed by atoms with Crippen LogP contribution in [0.1, 0.15) is 26.2 Å². The van der Waals surface area contributed by atoms with E-state index in [-0.39, 0.29) is 40.8 Å². The van der Waals surface area contributed by atoms with Crippen LogP contribution in [0, 0.1) is 33.7 Å². The maximum Gasteiger partial charge on any atom is 0.294 e. The minimum absolute atomic E-state index is 0.114. The first-order valence-corrected chi connectivity index (χ1v) is 11.7. The molecule has 0 bridgehead atoms. The first-order chi connectivity index (χ1) is 16.3. The molecule has 0 unspecified atom stereocenters. The Labute approximate surface area is 197 Å². The van der Waals surface area contributed by atoms with E-state index in [2.05, 4.69) is 11.8 Å². The Balaban J connectivity index is 1.36. The van der Waals surface area contributed by atoms with Crippen LogP contribution < -0.4 is 14.7 Å². The zero-order valence-electron chi connectivity index (χ0n) is 19.0. The lowest BCUT2D eigenvalue weighted by atomic mass is 9.76. The van der Waals surface area contributed by atoms with Gasteiger partial charge in [-0.05, 0) is 61.6 Å². The number of benzene rings is 2. The predicted molar refractivity (Wildman–Crippen MR) is 126 cm³/mol. The normalized spacial score (nSPS) is 25.0. The van der Waals surface area contributed by atoms with Gasteiger partial charge in [-0.1, -0.05) is 6.92 Å². The Morgan fingerprint density at radius 3 is 2.18 bits per heavy atom. The van der Waals surface area contributed by atoms with Crippen molar-refractivity contribution in [2.24, 2.45) is 17.8 Å². The number of carbonyl (C=O) groups is 2. The van der Waals surface area contributed by atoms with E-state index in [1.54, 1.807) is 24.3 Å². The summed E-state index contributed by atoms with van der Waals surface area (Å²) < 4.78 is 13.2. The molecule has 34 heavy (non-hydrogen) atoms. The predicted octanol–water partition coefficient (Wildman–Crippen LogP) is 3.99. The number of hydrogen-bond acceptors (Lipinski definition) is 6. The second-order valence-corrected chi connectivity index (χ2v) is 9.52. The number of nitro groups is 1. The molecule has 2 aromatic carbocycles. The average Bonchev–Trinajstić information content (AvgIpc) is 3.08. The fraction of sp³-hybridized carbons (Fsp3) is 0.440. The van der Waals surface area contributed by atoms with Crippen molar-refractivity contribution >= 4 is 34.6 Å². The van der Waals surface area contributed by atoms with E-state index in [1.807, 2.05) is 4.90 Å². The highest BCUT2D eigenvalue weighted by Crippen LogP contribution is 2.43. The summed E-state index contributed by atoms with van der Waals surface area (Å²) in [6.07, 6.45) is 2.28. The molecule has 0 aromatic heterocycles. The Morgan fingerprint density at radius 2 is 1.50 bits per heavy atom. The summed E-state index contributed by atoms with van der Waals surface area (Å²) in [5.41, 5.74) is 1.54. The van der Waals surface area contributed by atoms with Gasteiger partial charge < -0.3 is 9.80 Å². The summed E-state index contributed by atoms with van der Waals surface area (Å²) in [5.74, 6) is -1.02. The highest BCUT2D eigenvalue weighted by Gasteiger charge is 2.50. The molecular weight excluding hydrogens is 439 g/mol. The lowest BCUT2D eigenvalue weighted by molar-refractivity contribution is -0.384. The highest BCUT2D eigenvalue weighted by atomic mass is 19.1. The number of nitro benzene ring substituents is 1. The first-order valence-electron chi connectivity index (χ1n) is 11.7. The van der Waals surface area contributed by atoms with E-state index in [1.165, 1.54) is 18.2 Å². The van der Waals surface area contributed by atoms with Gasteiger partial charge in [-0.2, -0.15) is 0 Å². The summed E-state index contributed by atoms with van der Waals surface area (Å²) in [7, 11) is 0. The third-order valence-corrected chi connectivity index (χ3v) is 7.41. The van der Waals surface area contributed by atoms with Crippen molar-refractivity contribution in [3.05, 3.63) is 58.4 Å². The van der Waals surface area contributed by atoms with E-state index in [4.69, 9.17) is 0 Å². The van der Waals surface area contributed by atoms with Gasteiger partial charge in [0.25, 0.3) is 5.69 Å². The van der Waals surface area contributed by atoms with Gasteiger partial charge in [0.1, 0.15) is 11.5 Å². The number of anilines is 3. The van der Waals surface area contributed by atoms with Crippen LogP contribution in [0.2, 0.25) is 0 Å². The fourth-order valence-electron chi connectivity index (χ4n) is 5.57. The van der Waals surface area contributed by atoms with Gasteiger partial charge in [-0.25, -0.2) is 9.29 Å². The van der Waals surface area contributed by atoms with Crippen molar-refractivity contribution in [3.8, 4) is 0 Å². The molecule has 1 saturated carbocycles. The number of halogens is 1. The molecule has 0 N–H and O–H groups in total. The molecule has 178 valence electrons. The molecule has 9 heteroatoms. The van der Waals surface area contributed by atoms with Gasteiger partial charge in [-0.15, -0.1) is 0 Å². The van der Waals surface area contributed by atoms with E-state index >= 15 is 0 Å². The number of hydrogen-bond donors (Lipinski definition) is 0. The SMILES string of the molecule is C[C@@H]1CC[C@@H]2C(=O)N(c3ccc(N4CCN(c5ccc(F)cc5)CC4)c([N+](=O)[O-])c3)C(=O)[C@@H]2C1. The zero-order chi connectivity index (χ0) is 24.0. The molecule has 0 spiro atoms. The van der Waals surface area contributed by atoms with E-state index in [0.717, 1.165) is 17.0 Å². The molecule has 5 rings (SSSR count). The summed E-state index contributed by atoms with van der Waals surface area (Å²) in [6, 6.07) is 10.9. The lowest BCUT2D eigenvalue weighted by Gasteiger charge is -2.37. The van der Waals surface area contributed by atoms with Crippen molar-refractivity contribution in [1.82, 2.24) is 0 Å². The standard InChI is InChI=1S/C25H27FN4O4/c1-16-2-8-20-21(14-16)25(32)29(24(20)31)19-7-9-22(23(15-19)30(33)34)28-12-10-27(11-13-28)18-5-3-17(26)4-6-18/h3-7,9,15-16,20-21H,2,8,10-14H2,1H3/t16-,20+,21-/m1/s1. The molecule has 3 aliphatic rings. The number of piperazine rings is 1. The highest BCUT2D eigenvalue weighted by molar-refractivity contribution is 6.22. The molecule has 2 heterocycles. The Bertz CT molecular complexity index is 1130. The largest absolute Gasteiger partial charge is 0.368 e. The average molecular weight is 467 g/mol. The van der Waals surface area contributed by atoms with Gasteiger partial charge in [0.15, 0.2) is 0 Å². The lowest BCUT2D eigenvalue weighted by Crippen LogP contribution is -2.46. The second kappa shape index (κ2) is 8.70. The van der Waals surface area contributed by atoms with Crippen LogP contribution in [-0.4, -0.2) is 42.9 Å². The van der Waals surface area contributed by atoms with Gasteiger partial charge in [-0.3, -0.25) is 19.7 Å². The Hall–Kier alpha value is -3.49. The second-order valence-electron chi connectivity index (χ2n) is 9.52. The molecule has 2 aromatic rings. The maximum absolute atomic E-state index is 13.2. The van der Waals surface area contributed by atoms with E-state index in [0.29, 0.717) is 50.6 Å². The van der Waals surface area contributed by atoms with Crippen molar-refractivity contribution < 1.29 is 18.9 Å². The minimum atomic E-state index is -0.453. The van der Waals surface area contributed by atoms with Crippen molar-refractivity contribution in [3.63, 3.8) is 0 Å². The van der Waals surface area contributed by atoms with Crippen LogP contribution in [0.3, 0.4) is 0 Å². The molecule has 2 aliphatic heterocycles. The Morgan fingerprint density at radius 1 is 0.882 bits per heavy atom. The molecule has 0 radical (unpaired) electrons. The molecule has 3 atom stereocenters. The smallest absolute Gasteiger partial charge is 0.294 e. The van der Waals surface area contributed by atoms with E-state index in [9.17, 15) is 24.1 Å². The monoisotopic (exact) mass is 466 g/mol. The van der Waals surface area contributed by atoms with Crippen LogP contribution in [0.15, 0.2) is 42.5 Å². The maximum atomic E-state index is 13.2. The molecule has 3 fully saturated rings. The molecule has 2 amide bonds. The van der Waals surface area contributed by atoms with Gasteiger partial charge in [0.05, 0.1) is 22.4 Å². The zero-order valence-corrected chi connectivity index (χ0v) is 19.0. The summed E-state index contributed by atoms with van der Waals surface area (Å²) in [4.78, 5) is 42.8. The first kappa shape index (κ1) is 22.3. The fourth-order valence-corrected chi connectivity index (χ4v) is 5.57. The van der Waals surface area contributed by atoms with E-state index < -0.39 is 4.92 Å². The molecule has 2 saturated heterocycles. The van der Waals surface area contributed by atoms with Crippen LogP contribution in [0.25, 0.3) is 0 Å². The number of nitrogens with zero attached hydrogens (tertiary/aromatic N) is 4. The quantitative estimate of drug-likeness (QED) is 0.385. The number of amides is 2. The summed E-state index contributed by atoms with van der Waals surface area (Å²) in [5, 5.41) is 12.0. The molecule has 1 aliphatic carbocycles. The van der Waals surface area contributed by atoms with Crippen LogP contribution in [0.4, 0.5) is 27.1 Å². The van der Waals surface area contributed by atoms with Gasteiger partial charge in [0, 0.05) is 37.9 Å². The summed E-state index contributed by atoms with van der Waals surface area (Å²) >= 11 is 0. The molecule has 8 nitrogen and oxygen atoms in total. The number of rotatable bonds is 4. The summed E-state index contributed by atoms with van der Waals surface area (Å²) in [6.45, 7) is 4.47. The van der Waals surface area contributed by atoms with Crippen molar-refractivity contribution in [2.45, 2.75) is 26.2 Å². The van der Waals surface area contributed by atoms with Crippen LogP contribution in [-0.2, 0) is 9.59 Å². The van der Waals surface area contributed by atoms with Crippen molar-refractivity contribution in [1.29, 1.82) is 0 Å². The van der Waals surface area contributed by atoms with Crippen molar-refractivity contribution in [2.75, 3.05) is 40.9 Å². The number of carbonyl (C=O) groups excluding carboxylic acids is 2. The third-order valence-electron chi connectivity index (χ3n) is 7.41. The topological polar surface area (TPSA) is 87.0 Å². The number of fused-ring (bicyclic) bond motifs is 1. The minimum Gasteiger partial charge on any atom is -0.368 e. The van der Waals surface area contributed by atoms with Crippen LogP contribution in [0.5, 0.6) is 0 Å². The molecular formula is C25H27FN4O4. The van der Waals surface area contributed by atoms with Gasteiger partial charge in [0.2, 0.25) is 11.8 Å². The third kappa shape index (κ3) is 3.89.